The Morgan fingerprint density at radius 3 is 2.55 bits per heavy atom. The lowest BCUT2D eigenvalue weighted by Gasteiger charge is -2.24. The van der Waals surface area contributed by atoms with Gasteiger partial charge in [-0.15, -0.1) is 0 Å². The van der Waals surface area contributed by atoms with Crippen LogP contribution in [0.25, 0.3) is 0 Å². The van der Waals surface area contributed by atoms with Gasteiger partial charge in [-0.05, 0) is 20.8 Å². The molecular formula is C13H21N3O4. The lowest BCUT2D eigenvalue weighted by atomic mass is 10.0. The average Bonchev–Trinajstić information content (AvgIpc) is 2.65. The number of hydrogen-bond acceptors (Lipinski definition) is 4. The summed E-state index contributed by atoms with van der Waals surface area (Å²) in [5, 5.41) is 2.80. The first-order chi connectivity index (χ1) is 9.17. The van der Waals surface area contributed by atoms with E-state index in [1.807, 2.05) is 0 Å². The van der Waals surface area contributed by atoms with E-state index in [-0.39, 0.29) is 36.9 Å². The molecule has 0 aliphatic carbocycles. The van der Waals surface area contributed by atoms with Crippen LogP contribution in [-0.4, -0.2) is 66.0 Å². The Morgan fingerprint density at radius 1 is 1.30 bits per heavy atom. The molecule has 0 bridgehead atoms. The number of carbonyl (C=O) groups is 3. The van der Waals surface area contributed by atoms with E-state index in [1.165, 1.54) is 9.80 Å². The van der Waals surface area contributed by atoms with Crippen molar-refractivity contribution in [3.05, 3.63) is 0 Å². The number of nitrogens with one attached hydrogen (secondary N) is 1. The zero-order chi connectivity index (χ0) is 15.1. The average molecular weight is 283 g/mol. The normalized spacial score (nSPS) is 27.0. The molecule has 7 nitrogen and oxygen atoms in total. The topological polar surface area (TPSA) is 79.0 Å². The molecule has 20 heavy (non-hydrogen) atoms. The third-order valence-electron chi connectivity index (χ3n) is 3.39. The summed E-state index contributed by atoms with van der Waals surface area (Å²) in [6.45, 7) is 6.03. The van der Waals surface area contributed by atoms with Gasteiger partial charge in [0.1, 0.15) is 5.60 Å². The van der Waals surface area contributed by atoms with Crippen LogP contribution in [0.2, 0.25) is 0 Å². The molecule has 2 rings (SSSR count). The van der Waals surface area contributed by atoms with Gasteiger partial charge in [0.25, 0.3) is 0 Å². The van der Waals surface area contributed by atoms with Gasteiger partial charge >= 0.3 is 6.09 Å². The molecule has 0 radical (unpaired) electrons. The lowest BCUT2D eigenvalue weighted by molar-refractivity contribution is -0.135. The molecule has 0 aromatic rings. The summed E-state index contributed by atoms with van der Waals surface area (Å²) in [7, 11) is 1.60. The predicted octanol–water partition coefficient (Wildman–Crippen LogP) is -0.190. The van der Waals surface area contributed by atoms with Crippen LogP contribution in [0, 0.1) is 5.92 Å². The number of ether oxygens (including phenoxy) is 1. The van der Waals surface area contributed by atoms with E-state index in [2.05, 4.69) is 5.32 Å². The second kappa shape index (κ2) is 4.96. The Labute approximate surface area is 118 Å². The van der Waals surface area contributed by atoms with Gasteiger partial charge in [-0.3, -0.25) is 9.59 Å². The van der Waals surface area contributed by atoms with Crippen LogP contribution in [0.5, 0.6) is 0 Å². The number of carbonyl (C=O) groups excluding carboxylic acids is 3. The molecule has 0 aromatic heterocycles. The van der Waals surface area contributed by atoms with Crippen LogP contribution in [0.3, 0.4) is 0 Å². The molecule has 2 saturated heterocycles. The van der Waals surface area contributed by atoms with Crippen LogP contribution < -0.4 is 5.32 Å². The van der Waals surface area contributed by atoms with Gasteiger partial charge in [0.15, 0.2) is 0 Å². The molecule has 2 aliphatic heterocycles. The first-order valence-electron chi connectivity index (χ1n) is 6.69. The van der Waals surface area contributed by atoms with Crippen molar-refractivity contribution in [2.24, 2.45) is 5.92 Å². The van der Waals surface area contributed by atoms with Gasteiger partial charge in [-0.2, -0.15) is 0 Å². The SMILES string of the molecule is CN1CC(=O)N[C@@H]2CN(C(=O)OC(C)(C)C)C[C@H]2C1=O. The van der Waals surface area contributed by atoms with Crippen molar-refractivity contribution in [3.63, 3.8) is 0 Å². The van der Waals surface area contributed by atoms with Gasteiger partial charge < -0.3 is 19.9 Å². The van der Waals surface area contributed by atoms with Crippen molar-refractivity contribution in [1.29, 1.82) is 0 Å². The summed E-state index contributed by atoms with van der Waals surface area (Å²) in [6.07, 6.45) is -0.449. The maximum Gasteiger partial charge on any atom is 0.410 e. The Balaban J connectivity index is 2.08. The van der Waals surface area contributed by atoms with E-state index >= 15 is 0 Å². The van der Waals surface area contributed by atoms with Crippen LogP contribution in [0.1, 0.15) is 20.8 Å². The number of likely N-dealkylation sites (N-methyl/N-ethyl adjacent to an activating group) is 1. The summed E-state index contributed by atoms with van der Waals surface area (Å²) in [5.74, 6) is -0.697. The van der Waals surface area contributed by atoms with Crippen molar-refractivity contribution in [2.45, 2.75) is 32.4 Å². The standard InChI is InChI=1S/C13H21N3O4/c1-13(2,3)20-12(19)16-5-8-9(6-16)14-10(17)7-15(4)11(8)18/h8-9H,5-7H2,1-4H3,(H,14,17)/t8-,9-/m1/s1. The highest BCUT2D eigenvalue weighted by Gasteiger charge is 2.44. The van der Waals surface area contributed by atoms with Crippen LogP contribution in [-0.2, 0) is 14.3 Å². The van der Waals surface area contributed by atoms with Gasteiger partial charge in [0, 0.05) is 20.1 Å². The van der Waals surface area contributed by atoms with Crippen molar-refractivity contribution in [3.8, 4) is 0 Å². The molecule has 2 atom stereocenters. The molecular weight excluding hydrogens is 262 g/mol. The number of hydrogen-bond donors (Lipinski definition) is 1. The van der Waals surface area contributed by atoms with Gasteiger partial charge in [-0.1, -0.05) is 0 Å². The van der Waals surface area contributed by atoms with Crippen LogP contribution >= 0.6 is 0 Å². The minimum absolute atomic E-state index is 0.0677. The Morgan fingerprint density at radius 2 is 1.95 bits per heavy atom. The predicted molar refractivity (Wildman–Crippen MR) is 70.9 cm³/mol. The van der Waals surface area contributed by atoms with Crippen LogP contribution in [0.15, 0.2) is 0 Å². The Hall–Kier alpha value is -1.79. The highest BCUT2D eigenvalue weighted by molar-refractivity contribution is 5.90. The third-order valence-corrected chi connectivity index (χ3v) is 3.39. The zero-order valence-corrected chi connectivity index (χ0v) is 12.3. The smallest absolute Gasteiger partial charge is 0.410 e. The Kier molecular flexibility index (Phi) is 3.62. The molecule has 2 heterocycles. The maximum absolute atomic E-state index is 12.2. The Bertz CT molecular complexity index is 443. The molecule has 0 saturated carbocycles. The van der Waals surface area contributed by atoms with E-state index in [0.29, 0.717) is 6.54 Å². The lowest BCUT2D eigenvalue weighted by Crippen LogP contribution is -2.41. The number of fused-ring (bicyclic) bond motifs is 1. The minimum Gasteiger partial charge on any atom is -0.444 e. The number of amides is 3. The zero-order valence-electron chi connectivity index (χ0n) is 12.3. The van der Waals surface area contributed by atoms with Gasteiger partial charge in [0.2, 0.25) is 11.8 Å². The van der Waals surface area contributed by atoms with Crippen molar-refractivity contribution in [2.75, 3.05) is 26.7 Å². The molecule has 7 heteroatoms. The first kappa shape index (κ1) is 14.6. The first-order valence-corrected chi connectivity index (χ1v) is 6.69. The summed E-state index contributed by atoms with van der Waals surface area (Å²) < 4.78 is 5.30. The monoisotopic (exact) mass is 283 g/mol. The van der Waals surface area contributed by atoms with Gasteiger partial charge in [-0.25, -0.2) is 4.79 Å². The maximum atomic E-state index is 12.2. The van der Waals surface area contributed by atoms with Crippen LogP contribution in [0.4, 0.5) is 4.79 Å². The summed E-state index contributed by atoms with van der Waals surface area (Å²) in [6, 6.07) is -0.326. The quantitative estimate of drug-likeness (QED) is 0.668. The van der Waals surface area contributed by atoms with E-state index in [0.717, 1.165) is 0 Å². The summed E-state index contributed by atoms with van der Waals surface area (Å²) in [4.78, 5) is 38.7. The fourth-order valence-electron chi connectivity index (χ4n) is 2.50. The molecule has 1 N–H and O–H groups in total. The minimum atomic E-state index is -0.578. The number of rotatable bonds is 0. The molecule has 0 aromatic carbocycles. The molecule has 2 aliphatic rings. The van der Waals surface area contributed by atoms with Crippen molar-refractivity contribution >= 4 is 17.9 Å². The molecule has 112 valence electrons. The van der Waals surface area contributed by atoms with E-state index in [9.17, 15) is 14.4 Å². The largest absolute Gasteiger partial charge is 0.444 e. The second-order valence-electron chi connectivity index (χ2n) is 6.36. The van der Waals surface area contributed by atoms with Crippen molar-refractivity contribution in [1.82, 2.24) is 15.1 Å². The van der Waals surface area contributed by atoms with Gasteiger partial charge in [0.05, 0.1) is 18.5 Å². The highest BCUT2D eigenvalue weighted by atomic mass is 16.6. The second-order valence-corrected chi connectivity index (χ2v) is 6.36. The molecule has 0 spiro atoms. The number of nitrogens with zero attached hydrogens (tertiary/aromatic N) is 2. The fourth-order valence-corrected chi connectivity index (χ4v) is 2.50. The molecule has 2 fully saturated rings. The molecule has 3 amide bonds. The summed E-state index contributed by atoms with van der Waals surface area (Å²) in [5.41, 5.74) is -0.578. The fraction of sp³-hybridized carbons (Fsp3) is 0.769. The van der Waals surface area contributed by atoms with E-state index in [1.54, 1.807) is 27.8 Å². The third kappa shape index (κ3) is 3.02. The number of likely N-dealkylation sites (tertiary alicyclic amines) is 1. The highest BCUT2D eigenvalue weighted by Crippen LogP contribution is 2.23. The van der Waals surface area contributed by atoms with E-state index in [4.69, 9.17) is 4.74 Å². The molecule has 0 unspecified atom stereocenters. The summed E-state index contributed by atoms with van der Waals surface area (Å²) >= 11 is 0. The van der Waals surface area contributed by atoms with Crippen molar-refractivity contribution < 1.29 is 19.1 Å². The van der Waals surface area contributed by atoms with E-state index < -0.39 is 11.7 Å².